The second-order valence-electron chi connectivity index (χ2n) is 2.72. The number of rotatable bonds is 2. The first-order valence-corrected chi connectivity index (χ1v) is 3.57. The fourth-order valence-electron chi connectivity index (χ4n) is 1.35. The molecular formula is C6H14BNO. The van der Waals surface area contributed by atoms with E-state index in [1.807, 2.05) is 0 Å². The summed E-state index contributed by atoms with van der Waals surface area (Å²) in [5.74, 6) is 0. The van der Waals surface area contributed by atoms with Crippen LogP contribution in [0.1, 0.15) is 19.8 Å². The van der Waals surface area contributed by atoms with Crippen LogP contribution in [0.5, 0.6) is 0 Å². The molecule has 1 atom stereocenters. The quantitative estimate of drug-likeness (QED) is 0.497. The van der Waals surface area contributed by atoms with Gasteiger partial charge in [0, 0.05) is 7.11 Å². The van der Waals surface area contributed by atoms with E-state index in [9.17, 15) is 0 Å². The van der Waals surface area contributed by atoms with Gasteiger partial charge in [-0.05, 0) is 25.4 Å². The first-order chi connectivity index (χ1) is 4.34. The van der Waals surface area contributed by atoms with E-state index in [-0.39, 0.29) is 0 Å². The molecular weight excluding hydrogens is 113 g/mol. The fourth-order valence-corrected chi connectivity index (χ4v) is 1.35. The Bertz CT molecular complexity index is 89.1. The van der Waals surface area contributed by atoms with Crippen molar-refractivity contribution in [2.24, 2.45) is 0 Å². The first kappa shape index (κ1) is 7.10. The maximum absolute atomic E-state index is 5.02. The second-order valence-corrected chi connectivity index (χ2v) is 2.72. The van der Waals surface area contributed by atoms with Gasteiger partial charge in [-0.2, -0.15) is 0 Å². The lowest BCUT2D eigenvalue weighted by Gasteiger charge is -2.17. The van der Waals surface area contributed by atoms with E-state index in [4.69, 9.17) is 4.65 Å². The van der Waals surface area contributed by atoms with E-state index < -0.39 is 0 Å². The smallest absolute Gasteiger partial charge is 0.363 e. The van der Waals surface area contributed by atoms with E-state index >= 15 is 0 Å². The molecule has 1 saturated heterocycles. The SMILES string of the molecule is COBN1CCCC1C. The van der Waals surface area contributed by atoms with Crippen LogP contribution in [-0.2, 0) is 4.65 Å². The van der Waals surface area contributed by atoms with Crippen LogP contribution in [0.25, 0.3) is 0 Å². The molecule has 1 aliphatic heterocycles. The Labute approximate surface area is 57.5 Å². The van der Waals surface area contributed by atoms with E-state index in [1.54, 1.807) is 7.11 Å². The van der Waals surface area contributed by atoms with Crippen LogP contribution in [0, 0.1) is 0 Å². The first-order valence-electron chi connectivity index (χ1n) is 3.57. The Balaban J connectivity index is 2.22. The van der Waals surface area contributed by atoms with Gasteiger partial charge < -0.3 is 9.47 Å². The Morgan fingerprint density at radius 1 is 1.67 bits per heavy atom. The van der Waals surface area contributed by atoms with Crippen molar-refractivity contribution in [1.29, 1.82) is 0 Å². The zero-order valence-electron chi connectivity index (χ0n) is 6.26. The fraction of sp³-hybridized carbons (Fsp3) is 1.00. The molecule has 2 nitrogen and oxygen atoms in total. The van der Waals surface area contributed by atoms with Gasteiger partial charge in [-0.1, -0.05) is 6.92 Å². The molecule has 52 valence electrons. The lowest BCUT2D eigenvalue weighted by molar-refractivity contribution is 0.334. The molecule has 1 aliphatic rings. The maximum Gasteiger partial charge on any atom is 0.363 e. The average molecular weight is 127 g/mol. The summed E-state index contributed by atoms with van der Waals surface area (Å²) in [7, 11) is 2.56. The normalized spacial score (nSPS) is 28.9. The van der Waals surface area contributed by atoms with Crippen LogP contribution in [0.4, 0.5) is 0 Å². The third kappa shape index (κ3) is 1.70. The highest BCUT2D eigenvalue weighted by Gasteiger charge is 2.19. The third-order valence-corrected chi connectivity index (χ3v) is 1.99. The Morgan fingerprint density at radius 2 is 2.44 bits per heavy atom. The standard InChI is InChI=1S/C6H14BNO/c1-6-4-3-5-8(6)7-9-2/h6-7H,3-5H2,1-2H3. The second kappa shape index (κ2) is 3.23. The molecule has 0 N–H and O–H groups in total. The molecule has 1 unspecified atom stereocenters. The third-order valence-electron chi connectivity index (χ3n) is 1.99. The van der Waals surface area contributed by atoms with Gasteiger partial charge in [-0.15, -0.1) is 0 Å². The zero-order valence-corrected chi connectivity index (χ0v) is 6.26. The molecule has 0 amide bonds. The summed E-state index contributed by atoms with van der Waals surface area (Å²) in [6.07, 6.45) is 2.67. The van der Waals surface area contributed by atoms with Gasteiger partial charge in [0.15, 0.2) is 0 Å². The van der Waals surface area contributed by atoms with Crippen molar-refractivity contribution in [3.63, 3.8) is 0 Å². The zero-order chi connectivity index (χ0) is 6.69. The monoisotopic (exact) mass is 127 g/mol. The van der Waals surface area contributed by atoms with Gasteiger partial charge in [0.1, 0.15) is 0 Å². The predicted molar refractivity (Wildman–Crippen MR) is 39.6 cm³/mol. The van der Waals surface area contributed by atoms with Crippen molar-refractivity contribution in [3.05, 3.63) is 0 Å². The van der Waals surface area contributed by atoms with Gasteiger partial charge in [-0.25, -0.2) is 0 Å². The lowest BCUT2D eigenvalue weighted by Crippen LogP contribution is -2.31. The Morgan fingerprint density at radius 3 is 2.89 bits per heavy atom. The molecule has 0 radical (unpaired) electrons. The lowest BCUT2D eigenvalue weighted by atomic mass is 10.1. The van der Waals surface area contributed by atoms with Gasteiger partial charge in [-0.3, -0.25) is 0 Å². The van der Waals surface area contributed by atoms with Crippen LogP contribution < -0.4 is 0 Å². The molecule has 0 aromatic carbocycles. The summed E-state index contributed by atoms with van der Waals surface area (Å²) in [5.41, 5.74) is 0. The molecule has 0 saturated carbocycles. The molecule has 9 heavy (non-hydrogen) atoms. The minimum Gasteiger partial charge on any atom is -0.427 e. The van der Waals surface area contributed by atoms with E-state index in [0.29, 0.717) is 0 Å². The highest BCUT2D eigenvalue weighted by molar-refractivity contribution is 6.23. The van der Waals surface area contributed by atoms with Crippen LogP contribution in [0.3, 0.4) is 0 Å². The van der Waals surface area contributed by atoms with Crippen LogP contribution >= 0.6 is 0 Å². The topological polar surface area (TPSA) is 12.5 Å². The van der Waals surface area contributed by atoms with E-state index in [1.165, 1.54) is 19.4 Å². The van der Waals surface area contributed by atoms with Crippen LogP contribution in [0.15, 0.2) is 0 Å². The summed E-state index contributed by atoms with van der Waals surface area (Å²) < 4.78 is 5.02. The summed E-state index contributed by atoms with van der Waals surface area (Å²) in [6.45, 7) is 3.47. The molecule has 1 fully saturated rings. The summed E-state index contributed by atoms with van der Waals surface area (Å²) >= 11 is 0. The molecule has 1 heterocycles. The Kier molecular flexibility index (Phi) is 2.55. The van der Waals surface area contributed by atoms with Gasteiger partial charge >= 0.3 is 7.62 Å². The van der Waals surface area contributed by atoms with E-state index in [2.05, 4.69) is 11.7 Å². The highest BCUT2D eigenvalue weighted by atomic mass is 16.4. The molecule has 0 aliphatic carbocycles. The van der Waals surface area contributed by atoms with Crippen molar-refractivity contribution in [1.82, 2.24) is 4.81 Å². The molecule has 0 aromatic heterocycles. The van der Waals surface area contributed by atoms with Crippen molar-refractivity contribution in [2.75, 3.05) is 13.7 Å². The van der Waals surface area contributed by atoms with E-state index in [0.717, 1.165) is 13.7 Å². The van der Waals surface area contributed by atoms with Crippen molar-refractivity contribution < 1.29 is 4.65 Å². The predicted octanol–water partition coefficient (Wildman–Crippen LogP) is 0.384. The minimum absolute atomic E-state index is 0.741. The summed E-state index contributed by atoms with van der Waals surface area (Å²) in [4.78, 5) is 2.36. The maximum atomic E-state index is 5.02. The van der Waals surface area contributed by atoms with Gasteiger partial charge in [0.05, 0.1) is 0 Å². The van der Waals surface area contributed by atoms with Gasteiger partial charge in [0.25, 0.3) is 0 Å². The largest absolute Gasteiger partial charge is 0.427 e. The molecule has 1 rings (SSSR count). The van der Waals surface area contributed by atoms with Gasteiger partial charge in [0.2, 0.25) is 0 Å². The molecule has 0 bridgehead atoms. The number of hydrogen-bond acceptors (Lipinski definition) is 2. The molecule has 3 heteroatoms. The van der Waals surface area contributed by atoms with Crippen molar-refractivity contribution >= 4 is 7.62 Å². The van der Waals surface area contributed by atoms with Crippen LogP contribution in [-0.4, -0.2) is 32.1 Å². The highest BCUT2D eigenvalue weighted by Crippen LogP contribution is 2.13. The molecule has 0 spiro atoms. The summed E-state index contributed by atoms with van der Waals surface area (Å²) in [6, 6.07) is 0.741. The van der Waals surface area contributed by atoms with Crippen LogP contribution in [0.2, 0.25) is 0 Å². The average Bonchev–Trinajstić information content (AvgIpc) is 2.18. The minimum atomic E-state index is 0.741. The molecule has 0 aromatic rings. The van der Waals surface area contributed by atoms with Crippen molar-refractivity contribution in [2.45, 2.75) is 25.8 Å². The summed E-state index contributed by atoms with van der Waals surface area (Å²) in [5, 5.41) is 0. The number of hydrogen-bond donors (Lipinski definition) is 0. The number of nitrogens with zero attached hydrogens (tertiary/aromatic N) is 1. The van der Waals surface area contributed by atoms with Crippen molar-refractivity contribution in [3.8, 4) is 0 Å². The Hall–Kier alpha value is -0.0151.